The largest absolute Gasteiger partial charge is 0.465 e. The highest BCUT2D eigenvalue weighted by Crippen LogP contribution is 2.37. The van der Waals surface area contributed by atoms with Crippen molar-refractivity contribution in [2.45, 2.75) is 44.2 Å². The minimum Gasteiger partial charge on any atom is -0.465 e. The molecule has 0 aromatic heterocycles. The fourth-order valence-corrected chi connectivity index (χ4v) is 3.91. The molecule has 0 fully saturated rings. The molecule has 0 spiro atoms. The SMILES string of the molecule is CCC1(CC)N=C(c2ccc(F)cc2)c2ccc(S(=O)(=O)CC)cc2O1. The van der Waals surface area contributed by atoms with Gasteiger partial charge in [-0.3, -0.25) is 0 Å². The number of fused-ring (bicyclic) bond motifs is 1. The summed E-state index contributed by atoms with van der Waals surface area (Å²) in [5.41, 5.74) is 1.42. The molecule has 0 N–H and O–H groups in total. The van der Waals surface area contributed by atoms with Crippen molar-refractivity contribution in [3.05, 3.63) is 59.4 Å². The highest BCUT2D eigenvalue weighted by molar-refractivity contribution is 7.91. The van der Waals surface area contributed by atoms with Gasteiger partial charge in [0.15, 0.2) is 15.6 Å². The van der Waals surface area contributed by atoms with Crippen LogP contribution in [-0.2, 0) is 9.84 Å². The Balaban J connectivity index is 2.20. The zero-order valence-corrected chi connectivity index (χ0v) is 15.9. The Kier molecular flexibility index (Phi) is 4.88. The average Bonchev–Trinajstić information content (AvgIpc) is 2.67. The highest BCUT2D eigenvalue weighted by Gasteiger charge is 2.35. The Bertz CT molecular complexity index is 946. The number of hydrogen-bond acceptors (Lipinski definition) is 4. The van der Waals surface area contributed by atoms with Gasteiger partial charge in [-0.1, -0.05) is 20.8 Å². The predicted octanol–water partition coefficient (Wildman–Crippen LogP) is 4.37. The fraction of sp³-hybridized carbons (Fsp3) is 0.350. The molecule has 0 radical (unpaired) electrons. The van der Waals surface area contributed by atoms with E-state index in [9.17, 15) is 12.8 Å². The molecule has 0 saturated heterocycles. The van der Waals surface area contributed by atoms with Crippen LogP contribution in [0.4, 0.5) is 4.39 Å². The number of sulfone groups is 1. The Morgan fingerprint density at radius 3 is 2.27 bits per heavy atom. The maximum Gasteiger partial charge on any atom is 0.200 e. The normalized spacial score (nSPS) is 15.8. The molecule has 0 unspecified atom stereocenters. The van der Waals surface area contributed by atoms with Crippen molar-refractivity contribution in [3.8, 4) is 5.75 Å². The van der Waals surface area contributed by atoms with Gasteiger partial charge >= 0.3 is 0 Å². The summed E-state index contributed by atoms with van der Waals surface area (Å²) in [5, 5.41) is 0. The molecular weight excluding hydrogens is 353 g/mol. The first kappa shape index (κ1) is 18.6. The molecule has 4 nitrogen and oxygen atoms in total. The van der Waals surface area contributed by atoms with E-state index in [2.05, 4.69) is 0 Å². The van der Waals surface area contributed by atoms with Gasteiger partial charge < -0.3 is 4.74 Å². The third kappa shape index (κ3) is 3.26. The molecule has 0 amide bonds. The number of benzene rings is 2. The first-order valence-corrected chi connectivity index (χ1v) is 10.4. The maximum absolute atomic E-state index is 13.3. The second kappa shape index (κ2) is 6.83. The van der Waals surface area contributed by atoms with Gasteiger partial charge in [0.25, 0.3) is 0 Å². The molecule has 26 heavy (non-hydrogen) atoms. The lowest BCUT2D eigenvalue weighted by atomic mass is 9.97. The van der Waals surface area contributed by atoms with Crippen molar-refractivity contribution in [1.29, 1.82) is 0 Å². The van der Waals surface area contributed by atoms with E-state index in [1.54, 1.807) is 37.3 Å². The van der Waals surface area contributed by atoms with Crippen molar-refractivity contribution in [1.82, 2.24) is 0 Å². The first-order valence-electron chi connectivity index (χ1n) is 8.76. The van der Waals surface area contributed by atoms with E-state index in [1.165, 1.54) is 12.1 Å². The van der Waals surface area contributed by atoms with Crippen LogP contribution in [0.2, 0.25) is 0 Å². The van der Waals surface area contributed by atoms with Crippen LogP contribution in [0.5, 0.6) is 5.75 Å². The predicted molar refractivity (Wildman–Crippen MR) is 100 cm³/mol. The number of rotatable bonds is 5. The summed E-state index contributed by atoms with van der Waals surface area (Å²) >= 11 is 0. The number of aliphatic imine (C=N–C) groups is 1. The van der Waals surface area contributed by atoms with Crippen LogP contribution >= 0.6 is 0 Å². The summed E-state index contributed by atoms with van der Waals surface area (Å²) in [6.45, 7) is 5.57. The number of halogens is 1. The highest BCUT2D eigenvalue weighted by atomic mass is 32.2. The van der Waals surface area contributed by atoms with Crippen LogP contribution < -0.4 is 4.74 Å². The second-order valence-corrected chi connectivity index (χ2v) is 8.56. The van der Waals surface area contributed by atoms with Crippen LogP contribution in [0.15, 0.2) is 52.4 Å². The van der Waals surface area contributed by atoms with Gasteiger partial charge in [0.1, 0.15) is 11.6 Å². The van der Waals surface area contributed by atoms with Gasteiger partial charge in [-0.05, 0) is 42.5 Å². The van der Waals surface area contributed by atoms with Gasteiger partial charge in [-0.15, -0.1) is 0 Å². The third-order valence-corrected chi connectivity index (χ3v) is 6.52. The molecule has 138 valence electrons. The lowest BCUT2D eigenvalue weighted by Crippen LogP contribution is -2.37. The molecule has 2 aromatic rings. The summed E-state index contributed by atoms with van der Waals surface area (Å²) in [5.74, 6) is 0.207. The minimum absolute atomic E-state index is 0.0252. The van der Waals surface area contributed by atoms with Gasteiger partial charge in [-0.2, -0.15) is 0 Å². The molecule has 6 heteroatoms. The van der Waals surface area contributed by atoms with Crippen molar-refractivity contribution >= 4 is 15.5 Å². The molecular formula is C20H22FNO3S. The summed E-state index contributed by atoms with van der Waals surface area (Å²) < 4.78 is 44.0. The lowest BCUT2D eigenvalue weighted by molar-refractivity contribution is 0.0656. The molecule has 3 rings (SSSR count). The molecule has 1 heterocycles. The Labute approximate surface area is 153 Å². The number of nitrogens with zero attached hydrogens (tertiary/aromatic N) is 1. The topological polar surface area (TPSA) is 55.7 Å². The summed E-state index contributed by atoms with van der Waals surface area (Å²) in [6.07, 6.45) is 1.27. The van der Waals surface area contributed by atoms with Crippen LogP contribution in [0, 0.1) is 5.82 Å². The number of hydrogen-bond donors (Lipinski definition) is 0. The maximum atomic E-state index is 13.3. The lowest BCUT2D eigenvalue weighted by Gasteiger charge is -2.35. The van der Waals surface area contributed by atoms with E-state index in [0.717, 1.165) is 5.56 Å². The van der Waals surface area contributed by atoms with E-state index >= 15 is 0 Å². The van der Waals surface area contributed by atoms with Gasteiger partial charge in [0.2, 0.25) is 0 Å². The summed E-state index contributed by atoms with van der Waals surface area (Å²) in [4.78, 5) is 5.06. The van der Waals surface area contributed by atoms with Gasteiger partial charge in [-0.25, -0.2) is 17.8 Å². The van der Waals surface area contributed by atoms with Crippen LogP contribution in [0.1, 0.15) is 44.7 Å². The molecule has 0 atom stereocenters. The standard InChI is InChI=1S/C20H22FNO3S/c1-4-20(5-2)22-19(14-7-9-15(21)10-8-14)17-12-11-16(13-18(17)25-20)26(23,24)6-3/h7-13H,4-6H2,1-3H3. The zero-order valence-electron chi connectivity index (χ0n) is 15.1. The number of ether oxygens (including phenoxy) is 1. The quantitative estimate of drug-likeness (QED) is 0.780. The monoisotopic (exact) mass is 375 g/mol. The van der Waals surface area contributed by atoms with Crippen LogP contribution in [0.25, 0.3) is 0 Å². The smallest absolute Gasteiger partial charge is 0.200 e. The first-order chi connectivity index (χ1) is 12.3. The van der Waals surface area contributed by atoms with E-state index in [4.69, 9.17) is 9.73 Å². The van der Waals surface area contributed by atoms with Gasteiger partial charge in [0.05, 0.1) is 16.4 Å². The zero-order chi connectivity index (χ0) is 18.9. The van der Waals surface area contributed by atoms with E-state index < -0.39 is 15.6 Å². The average molecular weight is 375 g/mol. The van der Waals surface area contributed by atoms with Gasteiger partial charge in [0, 0.05) is 24.0 Å². The molecule has 0 aliphatic carbocycles. The Hall–Kier alpha value is -2.21. The van der Waals surface area contributed by atoms with Crippen molar-refractivity contribution in [2.75, 3.05) is 5.75 Å². The van der Waals surface area contributed by atoms with E-state index in [-0.39, 0.29) is 16.5 Å². The fourth-order valence-electron chi connectivity index (χ4n) is 3.01. The molecule has 1 aliphatic heterocycles. The Morgan fingerprint density at radius 1 is 1.04 bits per heavy atom. The van der Waals surface area contributed by atoms with Crippen LogP contribution in [-0.4, -0.2) is 25.6 Å². The molecule has 0 saturated carbocycles. The summed E-state index contributed by atoms with van der Waals surface area (Å²) in [7, 11) is -3.34. The van der Waals surface area contributed by atoms with Crippen LogP contribution in [0.3, 0.4) is 0 Å². The molecule has 2 aromatic carbocycles. The molecule has 1 aliphatic rings. The molecule has 0 bridgehead atoms. The Morgan fingerprint density at radius 2 is 1.69 bits per heavy atom. The minimum atomic E-state index is -3.34. The second-order valence-electron chi connectivity index (χ2n) is 6.28. The van der Waals surface area contributed by atoms with E-state index in [1.807, 2.05) is 13.8 Å². The third-order valence-electron chi connectivity index (χ3n) is 4.79. The summed E-state index contributed by atoms with van der Waals surface area (Å²) in [6, 6.07) is 11.0. The van der Waals surface area contributed by atoms with E-state index in [0.29, 0.717) is 29.9 Å². The van der Waals surface area contributed by atoms with Crippen molar-refractivity contribution < 1.29 is 17.5 Å². The van der Waals surface area contributed by atoms with Crippen molar-refractivity contribution in [3.63, 3.8) is 0 Å². The van der Waals surface area contributed by atoms with Crippen molar-refractivity contribution in [2.24, 2.45) is 4.99 Å².